The predicted molar refractivity (Wildman–Crippen MR) is 65.7 cm³/mol. The molecule has 0 fully saturated rings. The Hall–Kier alpha value is -0.700. The molecule has 1 aromatic heterocycles. The summed E-state index contributed by atoms with van der Waals surface area (Å²) in [5, 5.41) is 2.40. The van der Waals surface area contributed by atoms with E-state index in [1.54, 1.807) is 6.92 Å². The Kier molecular flexibility index (Phi) is 4.87. The van der Waals surface area contributed by atoms with Crippen LogP contribution in [0.3, 0.4) is 0 Å². The van der Waals surface area contributed by atoms with Crippen molar-refractivity contribution in [2.24, 2.45) is 0 Å². The van der Waals surface area contributed by atoms with Gasteiger partial charge in [-0.1, -0.05) is 22.9 Å². The van der Waals surface area contributed by atoms with E-state index in [0.29, 0.717) is 5.69 Å². The number of halogens is 1. The number of carbonyl (C=O) groups is 1. The first-order valence-corrected chi connectivity index (χ1v) is 7.37. The van der Waals surface area contributed by atoms with Crippen molar-refractivity contribution in [3.8, 4) is 0 Å². The Morgan fingerprint density at radius 3 is 2.65 bits per heavy atom. The lowest BCUT2D eigenvalue weighted by molar-refractivity contribution is -0.120. The van der Waals surface area contributed by atoms with Crippen LogP contribution < -0.4 is 10.0 Å². The van der Waals surface area contributed by atoms with E-state index in [2.05, 4.69) is 15.0 Å². The van der Waals surface area contributed by atoms with Gasteiger partial charge in [-0.25, -0.2) is 18.1 Å². The van der Waals surface area contributed by atoms with Crippen molar-refractivity contribution in [3.05, 3.63) is 10.2 Å². The maximum atomic E-state index is 11.8. The summed E-state index contributed by atoms with van der Waals surface area (Å²) in [5.74, 6) is -0.230. The molecule has 1 amide bonds. The van der Waals surface area contributed by atoms with Crippen molar-refractivity contribution < 1.29 is 13.2 Å². The first-order valence-electron chi connectivity index (χ1n) is 4.70. The van der Waals surface area contributed by atoms with Crippen LogP contribution in [0.25, 0.3) is 0 Å². The molecule has 0 saturated carbocycles. The van der Waals surface area contributed by atoms with E-state index >= 15 is 0 Å². The first-order chi connectivity index (χ1) is 7.86. The highest BCUT2D eigenvalue weighted by Crippen LogP contribution is 2.26. The quantitative estimate of drug-likeness (QED) is 0.829. The predicted octanol–water partition coefficient (Wildman–Crippen LogP) is 0.519. The second-order valence-electron chi connectivity index (χ2n) is 3.16. The normalized spacial score (nSPS) is 11.5. The fourth-order valence-electron chi connectivity index (χ4n) is 1.09. The molecule has 0 spiro atoms. The summed E-state index contributed by atoms with van der Waals surface area (Å²) < 4.78 is 26.2. The van der Waals surface area contributed by atoms with E-state index in [9.17, 15) is 13.2 Å². The second kappa shape index (κ2) is 5.76. The van der Waals surface area contributed by atoms with Crippen molar-refractivity contribution in [1.29, 1.82) is 0 Å². The van der Waals surface area contributed by atoms with E-state index in [-0.39, 0.29) is 27.5 Å². The smallest absolute Gasteiger partial charge is 0.251 e. The summed E-state index contributed by atoms with van der Waals surface area (Å²) in [4.78, 5) is 14.8. The molecule has 0 radical (unpaired) electrons. The fourth-order valence-corrected chi connectivity index (χ4v) is 3.90. The minimum Gasteiger partial charge on any atom is -0.359 e. The lowest BCUT2D eigenvalue weighted by Crippen LogP contribution is -2.29. The van der Waals surface area contributed by atoms with Crippen LogP contribution in [0.2, 0.25) is 4.47 Å². The highest BCUT2D eigenvalue weighted by atomic mass is 35.5. The van der Waals surface area contributed by atoms with Gasteiger partial charge in [0.15, 0.2) is 8.68 Å². The zero-order chi connectivity index (χ0) is 13.1. The lowest BCUT2D eigenvalue weighted by Gasteiger charge is -2.04. The Bertz CT molecular complexity index is 512. The molecule has 17 heavy (non-hydrogen) atoms. The second-order valence-corrected chi connectivity index (χ2v) is 6.70. The molecule has 9 heteroatoms. The molecular weight excluding hydrogens is 286 g/mol. The molecule has 0 aliphatic carbocycles. The summed E-state index contributed by atoms with van der Waals surface area (Å²) in [6, 6.07) is 0. The van der Waals surface area contributed by atoms with E-state index in [1.807, 2.05) is 0 Å². The van der Waals surface area contributed by atoms with Crippen molar-refractivity contribution in [2.75, 3.05) is 13.6 Å². The van der Waals surface area contributed by atoms with Crippen LogP contribution in [0.1, 0.15) is 12.1 Å². The summed E-state index contributed by atoms with van der Waals surface area (Å²) in [7, 11) is -2.14. The van der Waals surface area contributed by atoms with Gasteiger partial charge in [-0.3, -0.25) is 4.79 Å². The van der Waals surface area contributed by atoms with Gasteiger partial charge in [0.1, 0.15) is 0 Å². The molecule has 2 N–H and O–H groups in total. The number of nitrogens with zero attached hydrogens (tertiary/aromatic N) is 1. The van der Waals surface area contributed by atoms with Crippen molar-refractivity contribution >= 4 is 38.9 Å². The van der Waals surface area contributed by atoms with Gasteiger partial charge in [-0.15, -0.1) is 0 Å². The third-order valence-electron chi connectivity index (χ3n) is 1.89. The summed E-state index contributed by atoms with van der Waals surface area (Å²) in [5.41, 5.74) is 0.354. The van der Waals surface area contributed by atoms with Crippen LogP contribution in [-0.2, 0) is 14.8 Å². The van der Waals surface area contributed by atoms with E-state index in [4.69, 9.17) is 11.6 Å². The van der Waals surface area contributed by atoms with Gasteiger partial charge < -0.3 is 5.32 Å². The number of nitrogens with one attached hydrogen (secondary N) is 2. The van der Waals surface area contributed by atoms with Crippen molar-refractivity contribution in [1.82, 2.24) is 15.0 Å². The standard InChI is InChI=1S/C8H12ClN3O3S2/c1-5-7(16-8(9)12-5)17(14,15)11-4-3-6(13)10-2/h11H,3-4H2,1-2H3,(H,10,13). The number of amides is 1. The van der Waals surface area contributed by atoms with Gasteiger partial charge in [0.05, 0.1) is 5.69 Å². The number of carbonyl (C=O) groups excluding carboxylic acids is 1. The highest BCUT2D eigenvalue weighted by Gasteiger charge is 2.21. The van der Waals surface area contributed by atoms with E-state index < -0.39 is 10.0 Å². The first kappa shape index (κ1) is 14.4. The fraction of sp³-hybridized carbons (Fsp3) is 0.500. The van der Waals surface area contributed by atoms with Gasteiger partial charge in [-0.05, 0) is 6.92 Å². The zero-order valence-electron chi connectivity index (χ0n) is 9.28. The van der Waals surface area contributed by atoms with Gasteiger partial charge in [0.25, 0.3) is 10.0 Å². The van der Waals surface area contributed by atoms with Gasteiger partial charge >= 0.3 is 0 Å². The van der Waals surface area contributed by atoms with Gasteiger partial charge in [-0.2, -0.15) is 0 Å². The van der Waals surface area contributed by atoms with Crippen LogP contribution >= 0.6 is 22.9 Å². The minimum absolute atomic E-state index is 0.0387. The van der Waals surface area contributed by atoms with Crippen LogP contribution in [0.5, 0.6) is 0 Å². The Morgan fingerprint density at radius 1 is 1.53 bits per heavy atom. The largest absolute Gasteiger partial charge is 0.359 e. The SMILES string of the molecule is CNC(=O)CCNS(=O)(=O)c1sc(Cl)nc1C. The minimum atomic E-state index is -3.63. The van der Waals surface area contributed by atoms with Crippen LogP contribution in [0.4, 0.5) is 0 Å². The van der Waals surface area contributed by atoms with Crippen molar-refractivity contribution in [3.63, 3.8) is 0 Å². The molecule has 0 saturated heterocycles. The number of thiazole rings is 1. The van der Waals surface area contributed by atoms with Crippen LogP contribution in [0, 0.1) is 6.92 Å². The molecule has 0 aromatic carbocycles. The number of aryl methyl sites for hydroxylation is 1. The summed E-state index contributed by atoms with van der Waals surface area (Å²) >= 11 is 6.52. The number of rotatable bonds is 5. The third kappa shape index (κ3) is 3.91. The molecule has 96 valence electrons. The third-order valence-corrected chi connectivity index (χ3v) is 5.23. The van der Waals surface area contributed by atoms with E-state index in [1.165, 1.54) is 7.05 Å². The van der Waals surface area contributed by atoms with Crippen LogP contribution in [0.15, 0.2) is 4.21 Å². The molecule has 0 unspecified atom stereocenters. The Labute approximate surface area is 108 Å². The molecule has 6 nitrogen and oxygen atoms in total. The Morgan fingerprint density at radius 2 is 2.18 bits per heavy atom. The van der Waals surface area contributed by atoms with Crippen molar-refractivity contribution in [2.45, 2.75) is 17.6 Å². The average molecular weight is 298 g/mol. The number of aromatic nitrogens is 1. The maximum Gasteiger partial charge on any atom is 0.251 e. The number of hydrogen-bond acceptors (Lipinski definition) is 5. The summed E-state index contributed by atoms with van der Waals surface area (Å²) in [6.07, 6.45) is 0.0846. The molecule has 0 aliphatic rings. The Balaban J connectivity index is 2.70. The molecule has 1 heterocycles. The zero-order valence-corrected chi connectivity index (χ0v) is 11.7. The molecule has 0 aliphatic heterocycles. The lowest BCUT2D eigenvalue weighted by atomic mass is 10.4. The van der Waals surface area contributed by atoms with Gasteiger partial charge in [0.2, 0.25) is 5.91 Å². The monoisotopic (exact) mass is 297 g/mol. The molecule has 1 rings (SSSR count). The van der Waals surface area contributed by atoms with Gasteiger partial charge in [0, 0.05) is 20.0 Å². The topological polar surface area (TPSA) is 88.2 Å². The molecule has 0 bridgehead atoms. The maximum absolute atomic E-state index is 11.8. The molecule has 0 atom stereocenters. The van der Waals surface area contributed by atoms with E-state index in [0.717, 1.165) is 11.3 Å². The molecular formula is C8H12ClN3O3S2. The van der Waals surface area contributed by atoms with Crippen LogP contribution in [-0.4, -0.2) is 32.9 Å². The summed E-state index contributed by atoms with van der Waals surface area (Å²) in [6.45, 7) is 1.60. The average Bonchev–Trinajstić information content (AvgIpc) is 2.58. The highest BCUT2D eigenvalue weighted by molar-refractivity contribution is 7.91. The number of hydrogen-bond donors (Lipinski definition) is 2. The molecule has 1 aromatic rings. The number of sulfonamides is 1.